The normalized spacial score (nSPS) is 11.6. The number of hydrogen-bond donors (Lipinski definition) is 2. The van der Waals surface area contributed by atoms with Gasteiger partial charge in [0.25, 0.3) is 0 Å². The molecule has 0 unspecified atom stereocenters. The van der Waals surface area contributed by atoms with Crippen molar-refractivity contribution in [1.29, 1.82) is 0 Å². The Morgan fingerprint density at radius 1 is 1.38 bits per heavy atom. The Kier molecular flexibility index (Phi) is 3.86. The van der Waals surface area contributed by atoms with E-state index in [4.69, 9.17) is 5.11 Å². The molecule has 0 saturated heterocycles. The third-order valence-electron chi connectivity index (χ3n) is 2.71. The Labute approximate surface area is 120 Å². The molecule has 1 aromatic carbocycles. The summed E-state index contributed by atoms with van der Waals surface area (Å²) in [6.45, 7) is 0. The number of aromatic carboxylic acids is 1. The number of carbonyl (C=O) groups is 1. The molecule has 0 aliphatic rings. The zero-order chi connectivity index (χ0) is 15.8. The Hall–Kier alpha value is -2.16. The smallest absolute Gasteiger partial charge is 0.416 e. The molecule has 0 bridgehead atoms. The van der Waals surface area contributed by atoms with Crippen molar-refractivity contribution in [2.75, 3.05) is 0 Å². The summed E-state index contributed by atoms with van der Waals surface area (Å²) in [5.41, 5.74) is -1.65. The summed E-state index contributed by atoms with van der Waals surface area (Å²) in [7, 11) is 1.43. The van der Waals surface area contributed by atoms with Gasteiger partial charge in [0.2, 0.25) is 0 Å². The van der Waals surface area contributed by atoms with Crippen LogP contribution in [-0.2, 0) is 13.2 Å². The van der Waals surface area contributed by atoms with E-state index in [-0.39, 0.29) is 10.5 Å². The van der Waals surface area contributed by atoms with Crippen LogP contribution in [0.1, 0.15) is 15.9 Å². The third kappa shape index (κ3) is 3.13. The lowest BCUT2D eigenvalue weighted by Crippen LogP contribution is -2.13. The first-order valence-electron chi connectivity index (χ1n) is 5.57. The van der Waals surface area contributed by atoms with Gasteiger partial charge in [-0.05, 0) is 18.2 Å². The summed E-state index contributed by atoms with van der Waals surface area (Å²) in [5.74, 6) is -1.34. The lowest BCUT2D eigenvalue weighted by atomic mass is 10.1. The molecule has 0 atom stereocenters. The van der Waals surface area contributed by atoms with Crippen molar-refractivity contribution in [2.45, 2.75) is 16.1 Å². The Morgan fingerprint density at radius 2 is 2.05 bits per heavy atom. The minimum absolute atomic E-state index is 0.0908. The van der Waals surface area contributed by atoms with Crippen molar-refractivity contribution in [3.05, 3.63) is 46.0 Å². The van der Waals surface area contributed by atoms with Crippen LogP contribution in [-0.4, -0.2) is 20.6 Å². The molecule has 2 rings (SSSR count). The topological polar surface area (TPSA) is 75.1 Å². The molecule has 2 N–H and O–H groups in total. The first-order valence-corrected chi connectivity index (χ1v) is 6.38. The van der Waals surface area contributed by atoms with E-state index in [1.54, 1.807) is 0 Å². The van der Waals surface area contributed by atoms with Crippen molar-refractivity contribution in [3.8, 4) is 0 Å². The van der Waals surface area contributed by atoms with Gasteiger partial charge < -0.3 is 10.1 Å². The van der Waals surface area contributed by atoms with Crippen molar-refractivity contribution in [2.24, 2.45) is 7.05 Å². The highest BCUT2D eigenvalue weighted by Crippen LogP contribution is 2.36. The number of nitrogens with one attached hydrogen (secondary N) is 1. The molecule has 9 heteroatoms. The minimum atomic E-state index is -4.57. The highest BCUT2D eigenvalue weighted by molar-refractivity contribution is 7.99. The van der Waals surface area contributed by atoms with Gasteiger partial charge in [0, 0.05) is 18.1 Å². The number of benzene rings is 1. The Bertz CT molecular complexity index is 749. The van der Waals surface area contributed by atoms with Crippen LogP contribution >= 0.6 is 11.8 Å². The number of aromatic amines is 1. The molecule has 112 valence electrons. The summed E-state index contributed by atoms with van der Waals surface area (Å²) in [5, 5.41) is 9.35. The van der Waals surface area contributed by atoms with Gasteiger partial charge in [0.1, 0.15) is 0 Å². The Balaban J connectivity index is 2.51. The average Bonchev–Trinajstić information content (AvgIpc) is 2.69. The molecule has 0 radical (unpaired) electrons. The molecule has 0 saturated carbocycles. The quantitative estimate of drug-likeness (QED) is 0.912. The average molecular weight is 318 g/mol. The molecule has 0 aliphatic heterocycles. The van der Waals surface area contributed by atoms with E-state index in [9.17, 15) is 22.8 Å². The van der Waals surface area contributed by atoms with Crippen molar-refractivity contribution < 1.29 is 23.1 Å². The van der Waals surface area contributed by atoms with Crippen LogP contribution in [0.15, 0.2) is 39.1 Å². The van der Waals surface area contributed by atoms with E-state index >= 15 is 0 Å². The number of hydrogen-bond acceptors (Lipinski definition) is 3. The number of carboxylic acid groups (broad SMARTS) is 1. The highest BCUT2D eigenvalue weighted by atomic mass is 32.2. The maximum absolute atomic E-state index is 12.7. The summed E-state index contributed by atoms with van der Waals surface area (Å²) in [6.07, 6.45) is -3.27. The van der Waals surface area contributed by atoms with Gasteiger partial charge in [-0.25, -0.2) is 9.59 Å². The van der Waals surface area contributed by atoms with Crippen LogP contribution in [0.3, 0.4) is 0 Å². The summed E-state index contributed by atoms with van der Waals surface area (Å²) in [4.78, 5) is 24.6. The van der Waals surface area contributed by atoms with Gasteiger partial charge in [-0.15, -0.1) is 0 Å². The van der Waals surface area contributed by atoms with Gasteiger partial charge in [0.05, 0.1) is 16.2 Å². The number of nitrogens with zero attached hydrogens (tertiary/aromatic N) is 1. The van der Waals surface area contributed by atoms with Crippen LogP contribution in [0.5, 0.6) is 0 Å². The molecule has 5 nitrogen and oxygen atoms in total. The zero-order valence-electron chi connectivity index (χ0n) is 10.6. The van der Waals surface area contributed by atoms with E-state index in [0.29, 0.717) is 11.1 Å². The van der Waals surface area contributed by atoms with E-state index in [0.717, 1.165) is 23.9 Å². The largest absolute Gasteiger partial charge is 0.478 e. The van der Waals surface area contributed by atoms with Crippen LogP contribution in [0, 0.1) is 0 Å². The number of imidazole rings is 1. The molecule has 0 spiro atoms. The number of H-pyrrole nitrogens is 1. The zero-order valence-corrected chi connectivity index (χ0v) is 11.4. The predicted molar refractivity (Wildman–Crippen MR) is 68.6 cm³/mol. The standard InChI is InChI=1S/C12H9F3N2O3S/c1-17-9(5-16-11(17)20)21-8-4-6(12(13,14)15)2-3-7(8)10(18)19/h2-5H,1H3,(H,16,20)(H,18,19). The van der Waals surface area contributed by atoms with Crippen LogP contribution in [0.25, 0.3) is 0 Å². The fourth-order valence-corrected chi connectivity index (χ4v) is 2.60. The first-order chi connectivity index (χ1) is 9.70. The van der Waals surface area contributed by atoms with E-state index in [1.165, 1.54) is 17.8 Å². The molecule has 0 aliphatic carbocycles. The first kappa shape index (κ1) is 15.2. The lowest BCUT2D eigenvalue weighted by molar-refractivity contribution is -0.137. The monoisotopic (exact) mass is 318 g/mol. The highest BCUT2D eigenvalue weighted by Gasteiger charge is 2.31. The predicted octanol–water partition coefficient (Wildman–Crippen LogP) is 2.58. The summed E-state index contributed by atoms with van der Waals surface area (Å²) >= 11 is 0.771. The lowest BCUT2D eigenvalue weighted by Gasteiger charge is -2.11. The summed E-state index contributed by atoms with van der Waals surface area (Å²) in [6, 6.07) is 2.37. The molecule has 21 heavy (non-hydrogen) atoms. The fraction of sp³-hybridized carbons (Fsp3) is 0.167. The molecule has 1 heterocycles. The van der Waals surface area contributed by atoms with Crippen LogP contribution in [0.4, 0.5) is 13.2 Å². The second kappa shape index (κ2) is 5.32. The number of halogens is 3. The van der Waals surface area contributed by atoms with Crippen LogP contribution < -0.4 is 5.69 Å². The second-order valence-electron chi connectivity index (χ2n) is 4.11. The van der Waals surface area contributed by atoms with Crippen molar-refractivity contribution >= 4 is 17.7 Å². The van der Waals surface area contributed by atoms with Gasteiger partial charge >= 0.3 is 17.8 Å². The van der Waals surface area contributed by atoms with Gasteiger partial charge in [0.15, 0.2) is 0 Å². The summed E-state index contributed by atoms with van der Waals surface area (Å²) < 4.78 is 39.3. The van der Waals surface area contributed by atoms with Crippen molar-refractivity contribution in [1.82, 2.24) is 9.55 Å². The van der Waals surface area contributed by atoms with Crippen LogP contribution in [0.2, 0.25) is 0 Å². The molecular formula is C12H9F3N2O3S. The SMILES string of the molecule is Cn1c(Sc2cc(C(F)(F)F)ccc2C(=O)O)c[nH]c1=O. The minimum Gasteiger partial charge on any atom is -0.478 e. The third-order valence-corrected chi connectivity index (χ3v) is 3.87. The fourth-order valence-electron chi connectivity index (χ4n) is 1.59. The molecular weight excluding hydrogens is 309 g/mol. The maximum atomic E-state index is 12.7. The Morgan fingerprint density at radius 3 is 2.52 bits per heavy atom. The maximum Gasteiger partial charge on any atom is 0.416 e. The molecule has 0 amide bonds. The number of carboxylic acids is 1. The van der Waals surface area contributed by atoms with Gasteiger partial charge in [-0.3, -0.25) is 4.57 Å². The van der Waals surface area contributed by atoms with E-state index in [1.807, 2.05) is 0 Å². The number of rotatable bonds is 3. The van der Waals surface area contributed by atoms with Crippen molar-refractivity contribution in [3.63, 3.8) is 0 Å². The second-order valence-corrected chi connectivity index (χ2v) is 5.17. The van der Waals surface area contributed by atoms with Gasteiger partial charge in [-0.1, -0.05) is 11.8 Å². The van der Waals surface area contributed by atoms with E-state index < -0.39 is 23.4 Å². The molecule has 2 aromatic rings. The number of aromatic nitrogens is 2. The molecule has 1 aromatic heterocycles. The number of alkyl halides is 3. The van der Waals surface area contributed by atoms with Gasteiger partial charge in [-0.2, -0.15) is 13.2 Å². The van der Waals surface area contributed by atoms with E-state index in [2.05, 4.69) is 4.98 Å². The molecule has 0 fully saturated rings.